The fraction of sp³-hybridized carbons (Fsp3) is 1.00. The minimum atomic E-state index is -1.74. The van der Waals surface area contributed by atoms with Crippen LogP contribution in [-0.4, -0.2) is 37.8 Å². The first-order chi connectivity index (χ1) is 8.95. The second-order valence-corrected chi connectivity index (χ2v) is 13.5. The summed E-state index contributed by atoms with van der Waals surface area (Å²) in [6.07, 6.45) is 2.15. The van der Waals surface area contributed by atoms with Crippen LogP contribution in [0.4, 0.5) is 0 Å². The molecule has 2 rings (SSSR count). The third-order valence-electron chi connectivity index (χ3n) is 6.27. The van der Waals surface area contributed by atoms with Crippen LogP contribution in [0.2, 0.25) is 18.1 Å². The lowest BCUT2D eigenvalue weighted by Gasteiger charge is -2.41. The maximum absolute atomic E-state index is 9.80. The van der Waals surface area contributed by atoms with Crippen molar-refractivity contribution in [3.05, 3.63) is 0 Å². The normalized spacial score (nSPS) is 41.4. The van der Waals surface area contributed by atoms with Crippen molar-refractivity contribution in [2.24, 2.45) is 11.8 Å². The number of ether oxygens (including phenoxy) is 1. The summed E-state index contributed by atoms with van der Waals surface area (Å²) in [5.74, 6) is 0.534. The molecule has 20 heavy (non-hydrogen) atoms. The molecule has 2 heterocycles. The Morgan fingerprint density at radius 1 is 1.15 bits per heavy atom. The van der Waals surface area contributed by atoms with Crippen molar-refractivity contribution in [3.8, 4) is 0 Å². The molecule has 0 aliphatic carbocycles. The van der Waals surface area contributed by atoms with E-state index in [0.29, 0.717) is 5.92 Å². The van der Waals surface area contributed by atoms with Gasteiger partial charge in [-0.15, -0.1) is 0 Å². The molecule has 4 heteroatoms. The average molecular weight is 301 g/mol. The van der Waals surface area contributed by atoms with E-state index in [9.17, 15) is 5.11 Å². The lowest BCUT2D eigenvalue weighted by molar-refractivity contribution is -0.0488. The smallest absolute Gasteiger partial charge is 0.191 e. The van der Waals surface area contributed by atoms with Crippen molar-refractivity contribution in [1.29, 1.82) is 0 Å². The van der Waals surface area contributed by atoms with Crippen molar-refractivity contribution in [2.45, 2.75) is 76.8 Å². The van der Waals surface area contributed by atoms with E-state index in [0.717, 1.165) is 19.4 Å². The Balaban J connectivity index is 2.10. The fourth-order valence-corrected chi connectivity index (χ4v) is 4.66. The highest BCUT2D eigenvalue weighted by atomic mass is 28.4. The maximum atomic E-state index is 9.80. The van der Waals surface area contributed by atoms with Crippen molar-refractivity contribution in [3.63, 3.8) is 0 Å². The standard InChI is InChI=1S/C16H32O3Si/c1-14(2,3)20(6,7)18-11-13-12(10-17)15(4)8-9-16(13,5)19-15/h12-13,17H,8-11H2,1-7H3/t12-,13-,15+,16-/m1/s1. The molecule has 0 spiro atoms. The van der Waals surface area contributed by atoms with E-state index in [2.05, 4.69) is 47.7 Å². The summed E-state index contributed by atoms with van der Waals surface area (Å²) in [4.78, 5) is 0. The van der Waals surface area contributed by atoms with Gasteiger partial charge in [0.15, 0.2) is 8.32 Å². The predicted octanol–water partition coefficient (Wildman–Crippen LogP) is 3.57. The molecular weight excluding hydrogens is 268 g/mol. The van der Waals surface area contributed by atoms with Gasteiger partial charge in [0.05, 0.1) is 11.2 Å². The van der Waals surface area contributed by atoms with Gasteiger partial charge in [-0.05, 0) is 44.8 Å². The van der Waals surface area contributed by atoms with Crippen LogP contribution in [-0.2, 0) is 9.16 Å². The van der Waals surface area contributed by atoms with Crippen LogP contribution in [0.25, 0.3) is 0 Å². The summed E-state index contributed by atoms with van der Waals surface area (Å²) in [6.45, 7) is 16.7. The van der Waals surface area contributed by atoms with Crippen LogP contribution in [0.1, 0.15) is 47.5 Å². The summed E-state index contributed by atoms with van der Waals surface area (Å²) in [6, 6.07) is 0. The van der Waals surface area contributed by atoms with Crippen molar-refractivity contribution in [2.75, 3.05) is 13.2 Å². The van der Waals surface area contributed by atoms with E-state index < -0.39 is 8.32 Å². The molecule has 2 aliphatic heterocycles. The van der Waals surface area contributed by atoms with E-state index in [1.54, 1.807) is 0 Å². The van der Waals surface area contributed by atoms with Gasteiger partial charge in [0.1, 0.15) is 0 Å². The number of hydrogen-bond acceptors (Lipinski definition) is 3. The molecule has 0 saturated carbocycles. The summed E-state index contributed by atoms with van der Waals surface area (Å²) in [5.41, 5.74) is -0.254. The van der Waals surface area contributed by atoms with E-state index in [1.165, 1.54) is 0 Å². The van der Waals surface area contributed by atoms with Gasteiger partial charge in [-0.1, -0.05) is 20.8 Å². The zero-order valence-electron chi connectivity index (χ0n) is 14.2. The first kappa shape index (κ1) is 16.5. The Morgan fingerprint density at radius 2 is 1.65 bits per heavy atom. The van der Waals surface area contributed by atoms with Gasteiger partial charge in [0.25, 0.3) is 0 Å². The largest absolute Gasteiger partial charge is 0.416 e. The van der Waals surface area contributed by atoms with Gasteiger partial charge < -0.3 is 14.3 Å². The molecule has 0 aromatic rings. The third-order valence-corrected chi connectivity index (χ3v) is 10.8. The molecule has 2 aliphatic rings. The first-order valence-electron chi connectivity index (χ1n) is 7.90. The molecule has 2 bridgehead atoms. The number of fused-ring (bicyclic) bond motifs is 2. The lowest BCUT2D eigenvalue weighted by Crippen LogP contribution is -2.47. The van der Waals surface area contributed by atoms with Crippen molar-refractivity contribution in [1.82, 2.24) is 0 Å². The monoisotopic (exact) mass is 300 g/mol. The summed E-state index contributed by atoms with van der Waals surface area (Å²) >= 11 is 0. The minimum Gasteiger partial charge on any atom is -0.416 e. The SMILES string of the molecule is CC(C)(C)[Si](C)(C)OC[C@@H]1[C@@H](CO)[C@]2(C)CC[C@@]1(C)O2. The van der Waals surface area contributed by atoms with E-state index in [-0.39, 0.29) is 28.8 Å². The van der Waals surface area contributed by atoms with Crippen LogP contribution in [0.5, 0.6) is 0 Å². The summed E-state index contributed by atoms with van der Waals surface area (Å²) < 4.78 is 12.7. The first-order valence-corrected chi connectivity index (χ1v) is 10.8. The molecule has 4 atom stereocenters. The Labute approximate surface area is 125 Å². The van der Waals surface area contributed by atoms with Gasteiger partial charge in [0, 0.05) is 25.0 Å². The van der Waals surface area contributed by atoms with Crippen LogP contribution < -0.4 is 0 Å². The van der Waals surface area contributed by atoms with Crippen LogP contribution >= 0.6 is 0 Å². The van der Waals surface area contributed by atoms with Crippen LogP contribution in [0.3, 0.4) is 0 Å². The topological polar surface area (TPSA) is 38.7 Å². The zero-order chi connectivity index (χ0) is 15.4. The van der Waals surface area contributed by atoms with Crippen LogP contribution in [0.15, 0.2) is 0 Å². The molecule has 1 N–H and O–H groups in total. The summed E-state index contributed by atoms with van der Waals surface area (Å²) in [5, 5.41) is 10.0. The highest BCUT2D eigenvalue weighted by Crippen LogP contribution is 2.57. The van der Waals surface area contributed by atoms with Crippen molar-refractivity contribution >= 4 is 8.32 Å². The molecule has 0 aromatic carbocycles. The molecule has 118 valence electrons. The van der Waals surface area contributed by atoms with Crippen LogP contribution in [0, 0.1) is 11.8 Å². The second kappa shape index (κ2) is 4.80. The second-order valence-electron chi connectivity index (χ2n) is 8.69. The molecule has 0 amide bonds. The molecule has 2 fully saturated rings. The van der Waals surface area contributed by atoms with Gasteiger partial charge in [-0.3, -0.25) is 0 Å². The average Bonchev–Trinajstić information content (AvgIpc) is 2.70. The maximum Gasteiger partial charge on any atom is 0.191 e. The Morgan fingerprint density at radius 3 is 2.10 bits per heavy atom. The van der Waals surface area contributed by atoms with Gasteiger partial charge in [0.2, 0.25) is 0 Å². The number of hydrogen-bond donors (Lipinski definition) is 1. The molecular formula is C16H32O3Si. The number of rotatable bonds is 4. The molecule has 0 aromatic heterocycles. The van der Waals surface area contributed by atoms with Crippen molar-refractivity contribution < 1.29 is 14.3 Å². The highest BCUT2D eigenvalue weighted by molar-refractivity contribution is 6.74. The molecule has 3 nitrogen and oxygen atoms in total. The quantitative estimate of drug-likeness (QED) is 0.807. The van der Waals surface area contributed by atoms with E-state index in [1.807, 2.05) is 0 Å². The molecule has 0 radical (unpaired) electrons. The Bertz CT molecular complexity index is 376. The van der Waals surface area contributed by atoms with E-state index in [4.69, 9.17) is 9.16 Å². The Hall–Kier alpha value is 0.0969. The number of aliphatic hydroxyl groups is 1. The van der Waals surface area contributed by atoms with Gasteiger partial charge in [-0.2, -0.15) is 0 Å². The lowest BCUT2D eigenvalue weighted by atomic mass is 9.68. The fourth-order valence-electron chi connectivity index (χ4n) is 3.63. The van der Waals surface area contributed by atoms with Gasteiger partial charge >= 0.3 is 0 Å². The zero-order valence-corrected chi connectivity index (χ0v) is 15.2. The third kappa shape index (κ3) is 2.49. The summed E-state index contributed by atoms with van der Waals surface area (Å²) in [7, 11) is -1.74. The van der Waals surface area contributed by atoms with E-state index >= 15 is 0 Å². The minimum absolute atomic E-state index is 0.107. The number of aliphatic hydroxyl groups excluding tert-OH is 1. The predicted molar refractivity (Wildman–Crippen MR) is 84.3 cm³/mol. The highest BCUT2D eigenvalue weighted by Gasteiger charge is 2.62. The molecule has 0 unspecified atom stereocenters. The van der Waals surface area contributed by atoms with Gasteiger partial charge in [-0.25, -0.2) is 0 Å². The molecule has 2 saturated heterocycles. The Kier molecular flexibility index (Phi) is 3.95.